The number of hydrogen-bond donors (Lipinski definition) is 2. The molecular weight excluding hydrogens is 388 g/mol. The number of amides is 3. The number of nitrogens with one attached hydrogen (secondary N) is 1. The smallest absolute Gasteiger partial charge is 0.293 e. The Balaban J connectivity index is 1.58. The number of phenolic OH excluding ortho intramolecular Hbond substituents is 1. The van der Waals surface area contributed by atoms with E-state index in [2.05, 4.69) is 5.32 Å². The molecule has 0 saturated carbocycles. The third-order valence-electron chi connectivity index (χ3n) is 3.80. The summed E-state index contributed by atoms with van der Waals surface area (Å²) in [6.45, 7) is 0.169. The van der Waals surface area contributed by atoms with E-state index in [1.54, 1.807) is 6.08 Å². The van der Waals surface area contributed by atoms with Gasteiger partial charge in [-0.2, -0.15) is 0 Å². The van der Waals surface area contributed by atoms with Gasteiger partial charge >= 0.3 is 0 Å². The Hall–Kier alpha value is -2.77. The van der Waals surface area contributed by atoms with Crippen LogP contribution in [0.3, 0.4) is 0 Å². The Morgan fingerprint density at radius 3 is 2.63 bits per heavy atom. The number of hydrogen-bond acceptors (Lipinski definition) is 5. The van der Waals surface area contributed by atoms with Crippen molar-refractivity contribution >= 4 is 46.5 Å². The predicted molar refractivity (Wildman–Crippen MR) is 105 cm³/mol. The van der Waals surface area contributed by atoms with E-state index in [9.17, 15) is 19.5 Å². The van der Waals surface area contributed by atoms with Gasteiger partial charge in [0.15, 0.2) is 0 Å². The molecule has 2 aromatic rings. The van der Waals surface area contributed by atoms with Crippen molar-refractivity contribution in [3.8, 4) is 5.75 Å². The molecule has 2 N–H and O–H groups in total. The summed E-state index contributed by atoms with van der Waals surface area (Å²) >= 11 is 6.66. The lowest BCUT2D eigenvalue weighted by molar-refractivity contribution is -0.122. The number of imide groups is 1. The minimum absolute atomic E-state index is 0.0638. The highest BCUT2D eigenvalue weighted by atomic mass is 35.5. The standard InChI is InChI=1S/C19H15ClN2O4S/c20-14-11-13(6-7-15(14)23)17(24)21-8-9-22-18(25)16(27-19(22)26)10-12-4-2-1-3-5-12/h1-7,10-11,23H,8-9H2,(H,21,24)/b16-10-. The first-order valence-corrected chi connectivity index (χ1v) is 9.22. The second-order valence-electron chi connectivity index (χ2n) is 5.67. The lowest BCUT2D eigenvalue weighted by atomic mass is 10.2. The second kappa shape index (κ2) is 8.28. The molecule has 1 aliphatic rings. The lowest BCUT2D eigenvalue weighted by Crippen LogP contribution is -2.37. The van der Waals surface area contributed by atoms with E-state index < -0.39 is 5.91 Å². The molecule has 0 aromatic heterocycles. The van der Waals surface area contributed by atoms with Crippen LogP contribution in [0.1, 0.15) is 15.9 Å². The minimum atomic E-state index is -0.413. The van der Waals surface area contributed by atoms with Crippen LogP contribution in [-0.4, -0.2) is 40.1 Å². The van der Waals surface area contributed by atoms with Gasteiger partial charge in [-0.3, -0.25) is 19.3 Å². The summed E-state index contributed by atoms with van der Waals surface area (Å²) < 4.78 is 0. The summed E-state index contributed by atoms with van der Waals surface area (Å²) in [7, 11) is 0. The fourth-order valence-electron chi connectivity index (χ4n) is 2.42. The molecule has 0 atom stereocenters. The predicted octanol–water partition coefficient (Wildman–Crippen LogP) is 3.51. The third-order valence-corrected chi connectivity index (χ3v) is 5.01. The van der Waals surface area contributed by atoms with Gasteiger partial charge in [-0.1, -0.05) is 41.9 Å². The average molecular weight is 403 g/mol. The van der Waals surface area contributed by atoms with E-state index in [0.29, 0.717) is 4.91 Å². The van der Waals surface area contributed by atoms with Crippen molar-refractivity contribution in [1.82, 2.24) is 10.2 Å². The number of benzene rings is 2. The molecule has 0 bridgehead atoms. The Kier molecular flexibility index (Phi) is 5.83. The monoisotopic (exact) mass is 402 g/mol. The Bertz CT molecular complexity index is 931. The van der Waals surface area contributed by atoms with E-state index in [-0.39, 0.29) is 40.6 Å². The van der Waals surface area contributed by atoms with Crippen LogP contribution in [-0.2, 0) is 4.79 Å². The van der Waals surface area contributed by atoms with Crippen molar-refractivity contribution in [3.05, 3.63) is 69.6 Å². The maximum absolute atomic E-state index is 12.4. The molecule has 0 aliphatic carbocycles. The molecule has 0 spiro atoms. The van der Waals surface area contributed by atoms with Crippen LogP contribution in [0.4, 0.5) is 4.79 Å². The number of carbonyl (C=O) groups excluding carboxylic acids is 3. The number of carbonyl (C=O) groups is 3. The molecule has 27 heavy (non-hydrogen) atoms. The molecule has 1 heterocycles. The van der Waals surface area contributed by atoms with Gasteiger partial charge in [0, 0.05) is 18.7 Å². The molecule has 3 amide bonds. The van der Waals surface area contributed by atoms with Crippen molar-refractivity contribution in [2.45, 2.75) is 0 Å². The van der Waals surface area contributed by atoms with Crippen LogP contribution in [0, 0.1) is 0 Å². The molecule has 1 aliphatic heterocycles. The van der Waals surface area contributed by atoms with E-state index in [1.165, 1.54) is 18.2 Å². The molecule has 1 saturated heterocycles. The Labute approximate surface area is 164 Å². The number of thioether (sulfide) groups is 1. The zero-order valence-electron chi connectivity index (χ0n) is 14.0. The highest BCUT2D eigenvalue weighted by Gasteiger charge is 2.34. The molecular formula is C19H15ClN2O4S. The van der Waals surface area contributed by atoms with Crippen LogP contribution in [0.25, 0.3) is 6.08 Å². The zero-order chi connectivity index (χ0) is 19.4. The van der Waals surface area contributed by atoms with Crippen LogP contribution in [0.15, 0.2) is 53.4 Å². The minimum Gasteiger partial charge on any atom is -0.506 e. The number of halogens is 1. The molecule has 1 fully saturated rings. The third kappa shape index (κ3) is 4.50. The van der Waals surface area contributed by atoms with Crippen molar-refractivity contribution in [2.24, 2.45) is 0 Å². The quantitative estimate of drug-likeness (QED) is 0.747. The van der Waals surface area contributed by atoms with Crippen molar-refractivity contribution in [2.75, 3.05) is 13.1 Å². The second-order valence-corrected chi connectivity index (χ2v) is 7.07. The first kappa shape index (κ1) is 19.0. The zero-order valence-corrected chi connectivity index (χ0v) is 15.6. The summed E-state index contributed by atoms with van der Waals surface area (Å²) in [5.74, 6) is -0.907. The molecule has 0 radical (unpaired) electrons. The van der Waals surface area contributed by atoms with Gasteiger partial charge in [-0.15, -0.1) is 0 Å². The topological polar surface area (TPSA) is 86.7 Å². The van der Waals surface area contributed by atoms with Gasteiger partial charge in [-0.05, 0) is 41.6 Å². The van der Waals surface area contributed by atoms with Crippen LogP contribution in [0.5, 0.6) is 5.75 Å². The van der Waals surface area contributed by atoms with Crippen LogP contribution in [0.2, 0.25) is 5.02 Å². The van der Waals surface area contributed by atoms with E-state index in [4.69, 9.17) is 11.6 Å². The highest BCUT2D eigenvalue weighted by molar-refractivity contribution is 8.18. The number of rotatable bonds is 5. The number of nitrogens with zero attached hydrogens (tertiary/aromatic N) is 1. The summed E-state index contributed by atoms with van der Waals surface area (Å²) in [5, 5.41) is 11.7. The van der Waals surface area contributed by atoms with Gasteiger partial charge in [-0.25, -0.2) is 0 Å². The van der Waals surface area contributed by atoms with Crippen LogP contribution < -0.4 is 5.32 Å². The maximum Gasteiger partial charge on any atom is 0.293 e. The molecule has 0 unspecified atom stereocenters. The normalized spacial score (nSPS) is 15.4. The van der Waals surface area contributed by atoms with E-state index in [1.807, 2.05) is 30.3 Å². The molecule has 138 valence electrons. The fraction of sp³-hybridized carbons (Fsp3) is 0.105. The Morgan fingerprint density at radius 2 is 1.93 bits per heavy atom. The van der Waals surface area contributed by atoms with Crippen molar-refractivity contribution in [3.63, 3.8) is 0 Å². The summed E-state index contributed by atoms with van der Waals surface area (Å²) in [6.07, 6.45) is 1.67. The fourth-order valence-corrected chi connectivity index (χ4v) is 3.47. The van der Waals surface area contributed by atoms with Gasteiger partial charge in [0.05, 0.1) is 9.93 Å². The van der Waals surface area contributed by atoms with Crippen molar-refractivity contribution < 1.29 is 19.5 Å². The maximum atomic E-state index is 12.4. The summed E-state index contributed by atoms with van der Waals surface area (Å²) in [5.41, 5.74) is 1.11. The van der Waals surface area contributed by atoms with Gasteiger partial charge in [0.2, 0.25) is 0 Å². The van der Waals surface area contributed by atoms with Gasteiger partial charge in [0.25, 0.3) is 17.1 Å². The molecule has 2 aromatic carbocycles. The van der Waals surface area contributed by atoms with Gasteiger partial charge < -0.3 is 10.4 Å². The van der Waals surface area contributed by atoms with Crippen molar-refractivity contribution in [1.29, 1.82) is 0 Å². The molecule has 3 rings (SSSR count). The van der Waals surface area contributed by atoms with E-state index >= 15 is 0 Å². The average Bonchev–Trinajstić information content (AvgIpc) is 2.92. The SMILES string of the molecule is O=C(NCCN1C(=O)S/C(=C\c2ccccc2)C1=O)c1ccc(O)c(Cl)c1. The molecule has 6 nitrogen and oxygen atoms in total. The number of phenols is 1. The van der Waals surface area contributed by atoms with Crippen LogP contribution >= 0.6 is 23.4 Å². The first-order chi connectivity index (χ1) is 13.0. The van der Waals surface area contributed by atoms with Gasteiger partial charge in [0.1, 0.15) is 5.75 Å². The summed E-state index contributed by atoms with van der Waals surface area (Å²) in [6, 6.07) is 13.3. The molecule has 8 heteroatoms. The highest BCUT2D eigenvalue weighted by Crippen LogP contribution is 2.31. The van der Waals surface area contributed by atoms with E-state index in [0.717, 1.165) is 22.2 Å². The summed E-state index contributed by atoms with van der Waals surface area (Å²) in [4.78, 5) is 38.0. The number of aromatic hydroxyl groups is 1. The first-order valence-electron chi connectivity index (χ1n) is 8.03. The Morgan fingerprint density at radius 1 is 1.19 bits per heavy atom. The lowest BCUT2D eigenvalue weighted by Gasteiger charge is -2.13. The largest absolute Gasteiger partial charge is 0.506 e.